The van der Waals surface area contributed by atoms with E-state index in [0.29, 0.717) is 0 Å². The Morgan fingerprint density at radius 2 is 0.939 bits per heavy atom. The number of hydrogen-bond acceptors (Lipinski definition) is 3. The van der Waals surface area contributed by atoms with Crippen molar-refractivity contribution in [3.05, 3.63) is 170 Å². The minimum atomic E-state index is 0.865. The van der Waals surface area contributed by atoms with E-state index in [4.69, 9.17) is 9.97 Å². The number of hydrogen-bond donors (Lipinski definition) is 0. The first-order valence-electron chi connectivity index (χ1n) is 16.6. The van der Waals surface area contributed by atoms with Crippen molar-refractivity contribution < 1.29 is 0 Å². The van der Waals surface area contributed by atoms with Gasteiger partial charge in [-0.25, -0.2) is 4.98 Å². The van der Waals surface area contributed by atoms with E-state index in [9.17, 15) is 0 Å². The topological polar surface area (TPSA) is 25.8 Å². The second-order valence-corrected chi connectivity index (χ2v) is 13.6. The summed E-state index contributed by atoms with van der Waals surface area (Å²) >= 11 is 1.86. The molecule has 2 nitrogen and oxygen atoms in total. The highest BCUT2D eigenvalue weighted by atomic mass is 32.1. The van der Waals surface area contributed by atoms with Crippen LogP contribution in [0.5, 0.6) is 0 Å². The summed E-state index contributed by atoms with van der Waals surface area (Å²) in [5.41, 5.74) is 10.9. The van der Waals surface area contributed by atoms with E-state index in [0.717, 1.165) is 33.1 Å². The summed E-state index contributed by atoms with van der Waals surface area (Å²) in [7, 11) is 0. The van der Waals surface area contributed by atoms with Gasteiger partial charge in [0.15, 0.2) is 0 Å². The zero-order valence-electron chi connectivity index (χ0n) is 26.5. The molecule has 0 bridgehead atoms. The third-order valence-corrected chi connectivity index (χ3v) is 10.9. The minimum Gasteiger partial charge on any atom is -0.252 e. The molecule has 0 N–H and O–H groups in total. The van der Waals surface area contributed by atoms with Crippen LogP contribution < -0.4 is 0 Å². The Kier molecular flexibility index (Phi) is 6.39. The highest BCUT2D eigenvalue weighted by molar-refractivity contribution is 7.26. The second kappa shape index (κ2) is 11.2. The molecule has 228 valence electrons. The molecule has 0 saturated heterocycles. The molecule has 0 amide bonds. The average molecular weight is 641 g/mol. The summed E-state index contributed by atoms with van der Waals surface area (Å²) < 4.78 is 2.64. The number of aromatic nitrogens is 2. The predicted octanol–water partition coefficient (Wildman–Crippen LogP) is 13.0. The molecule has 3 heteroatoms. The van der Waals surface area contributed by atoms with Crippen LogP contribution in [0.4, 0.5) is 0 Å². The Morgan fingerprint density at radius 3 is 1.63 bits per heavy atom. The zero-order valence-corrected chi connectivity index (χ0v) is 27.3. The lowest BCUT2D eigenvalue weighted by Crippen LogP contribution is -1.93. The fourth-order valence-corrected chi connectivity index (χ4v) is 8.52. The quantitative estimate of drug-likeness (QED) is 0.179. The molecule has 49 heavy (non-hydrogen) atoms. The summed E-state index contributed by atoms with van der Waals surface area (Å²) in [6.45, 7) is 0. The number of rotatable bonds is 4. The van der Waals surface area contributed by atoms with Crippen molar-refractivity contribution in [3.8, 4) is 44.6 Å². The molecule has 0 aliphatic heterocycles. The Hall–Kier alpha value is -6.16. The van der Waals surface area contributed by atoms with Gasteiger partial charge in [0.25, 0.3) is 0 Å². The lowest BCUT2D eigenvalue weighted by molar-refractivity contribution is 1.31. The Morgan fingerprint density at radius 1 is 0.367 bits per heavy atom. The van der Waals surface area contributed by atoms with Crippen molar-refractivity contribution in [1.82, 2.24) is 9.97 Å². The van der Waals surface area contributed by atoms with Crippen LogP contribution in [0.2, 0.25) is 0 Å². The molecule has 0 spiro atoms. The van der Waals surface area contributed by atoms with Crippen molar-refractivity contribution in [2.75, 3.05) is 0 Å². The first kappa shape index (κ1) is 27.9. The molecular formula is C46H28N2S. The van der Waals surface area contributed by atoms with E-state index >= 15 is 0 Å². The fraction of sp³-hybridized carbons (Fsp3) is 0. The molecule has 8 aromatic carbocycles. The van der Waals surface area contributed by atoms with Crippen LogP contribution in [0.3, 0.4) is 0 Å². The number of nitrogens with zero attached hydrogens (tertiary/aromatic N) is 2. The van der Waals surface area contributed by atoms with E-state index in [-0.39, 0.29) is 0 Å². The summed E-state index contributed by atoms with van der Waals surface area (Å²) in [4.78, 5) is 10.5. The maximum atomic E-state index is 5.38. The Labute approximate surface area is 287 Å². The standard InChI is InChI=1S/C46H28N2S/c1-3-10-29(11-4-1)33-22-24-36-37-25-23-34(30-12-5-2-6-13-30)27-41(37)45-44(40(36)26-33)47-28-42(48-45)32-20-18-31(19-21-32)35-15-9-16-39-38-14-7-8-17-43(38)49-46(35)39/h1-28H. The maximum absolute atomic E-state index is 5.38. The molecular weight excluding hydrogens is 613 g/mol. The maximum Gasteiger partial charge on any atom is 0.0979 e. The first-order valence-corrected chi connectivity index (χ1v) is 17.4. The summed E-state index contributed by atoms with van der Waals surface area (Å²) in [5, 5.41) is 7.22. The fourth-order valence-electron chi connectivity index (χ4n) is 7.28. The van der Waals surface area contributed by atoms with Gasteiger partial charge in [0.1, 0.15) is 0 Å². The molecule has 0 unspecified atom stereocenters. The van der Waals surface area contributed by atoms with Crippen molar-refractivity contribution in [1.29, 1.82) is 0 Å². The summed E-state index contributed by atoms with van der Waals surface area (Å²) in [5.74, 6) is 0. The SMILES string of the molecule is c1ccc(-c2ccc3c4ccc(-c5ccccc5)cc4c4nc(-c5ccc(-c6cccc7c6sc6ccccc67)cc5)cnc4c3c2)cc1. The smallest absolute Gasteiger partial charge is 0.0979 e. The lowest BCUT2D eigenvalue weighted by Gasteiger charge is -2.13. The molecule has 0 aliphatic carbocycles. The predicted molar refractivity (Wildman–Crippen MR) is 209 cm³/mol. The number of fused-ring (bicyclic) bond motifs is 9. The van der Waals surface area contributed by atoms with Gasteiger partial charge in [-0.05, 0) is 62.4 Å². The van der Waals surface area contributed by atoms with Gasteiger partial charge >= 0.3 is 0 Å². The minimum absolute atomic E-state index is 0.865. The van der Waals surface area contributed by atoms with Gasteiger partial charge in [0, 0.05) is 36.5 Å². The van der Waals surface area contributed by atoms with Gasteiger partial charge in [-0.3, -0.25) is 4.98 Å². The number of thiophene rings is 1. The van der Waals surface area contributed by atoms with Crippen LogP contribution in [0.15, 0.2) is 170 Å². The third-order valence-electron chi connectivity index (χ3n) is 9.72. The van der Waals surface area contributed by atoms with Gasteiger partial charge in [-0.2, -0.15) is 0 Å². The molecule has 0 aliphatic rings. The number of benzene rings is 8. The van der Waals surface area contributed by atoms with Crippen molar-refractivity contribution >= 4 is 64.1 Å². The molecule has 2 heterocycles. The van der Waals surface area contributed by atoms with Gasteiger partial charge in [0.2, 0.25) is 0 Å². The normalized spacial score (nSPS) is 11.7. The molecule has 10 rings (SSSR count). The van der Waals surface area contributed by atoms with Crippen LogP contribution in [0.1, 0.15) is 0 Å². The van der Waals surface area contributed by atoms with Crippen molar-refractivity contribution in [2.24, 2.45) is 0 Å². The van der Waals surface area contributed by atoms with Gasteiger partial charge < -0.3 is 0 Å². The third kappa shape index (κ3) is 4.62. The van der Waals surface area contributed by atoms with Crippen LogP contribution in [-0.2, 0) is 0 Å². The summed E-state index contributed by atoms with van der Waals surface area (Å²) in [6.07, 6.45) is 1.94. The van der Waals surface area contributed by atoms with E-state index in [1.807, 2.05) is 17.5 Å². The molecule has 10 aromatic rings. The van der Waals surface area contributed by atoms with Crippen LogP contribution in [-0.4, -0.2) is 9.97 Å². The monoisotopic (exact) mass is 640 g/mol. The van der Waals surface area contributed by atoms with Gasteiger partial charge in [0.05, 0.1) is 22.9 Å². The van der Waals surface area contributed by atoms with E-state index in [1.165, 1.54) is 64.3 Å². The van der Waals surface area contributed by atoms with Crippen LogP contribution in [0.25, 0.3) is 97.4 Å². The van der Waals surface area contributed by atoms with Crippen molar-refractivity contribution in [2.45, 2.75) is 0 Å². The molecule has 0 saturated carbocycles. The lowest BCUT2D eigenvalue weighted by atomic mass is 9.93. The second-order valence-electron chi connectivity index (χ2n) is 12.6. The molecule has 0 radical (unpaired) electrons. The van der Waals surface area contributed by atoms with Crippen LogP contribution in [0, 0.1) is 0 Å². The highest BCUT2D eigenvalue weighted by Crippen LogP contribution is 2.41. The Balaban J connectivity index is 1.15. The van der Waals surface area contributed by atoms with E-state index in [2.05, 4.69) is 164 Å². The summed E-state index contributed by atoms with van der Waals surface area (Å²) in [6, 6.07) is 58.7. The van der Waals surface area contributed by atoms with Gasteiger partial charge in [-0.1, -0.05) is 146 Å². The molecule has 0 fully saturated rings. The molecule has 2 aromatic heterocycles. The van der Waals surface area contributed by atoms with Crippen molar-refractivity contribution in [3.63, 3.8) is 0 Å². The van der Waals surface area contributed by atoms with Gasteiger partial charge in [-0.15, -0.1) is 11.3 Å². The van der Waals surface area contributed by atoms with E-state index in [1.54, 1.807) is 0 Å². The van der Waals surface area contributed by atoms with Crippen LogP contribution >= 0.6 is 11.3 Å². The largest absolute Gasteiger partial charge is 0.252 e. The molecule has 0 atom stereocenters. The zero-order chi connectivity index (χ0) is 32.3. The first-order chi connectivity index (χ1) is 24.3. The average Bonchev–Trinajstić information content (AvgIpc) is 3.57. The highest BCUT2D eigenvalue weighted by Gasteiger charge is 2.16. The van der Waals surface area contributed by atoms with E-state index < -0.39 is 0 Å². The Bertz CT molecular complexity index is 2850.